The zero-order valence-corrected chi connectivity index (χ0v) is 10.8. The molecule has 4 nitrogen and oxygen atoms in total. The van der Waals surface area contributed by atoms with E-state index in [-0.39, 0.29) is 5.91 Å². The summed E-state index contributed by atoms with van der Waals surface area (Å²) in [6.45, 7) is 1.87. The Labute approximate surface area is 112 Å². The largest absolute Gasteiger partial charge is 0.343 e. The van der Waals surface area contributed by atoms with Gasteiger partial charge in [0.2, 0.25) is 5.91 Å². The summed E-state index contributed by atoms with van der Waals surface area (Å²) in [5.41, 5.74) is 2.15. The van der Waals surface area contributed by atoms with Crippen molar-refractivity contribution in [3.63, 3.8) is 0 Å². The van der Waals surface area contributed by atoms with Crippen molar-refractivity contribution in [2.45, 2.75) is 19.3 Å². The van der Waals surface area contributed by atoms with Gasteiger partial charge in [0, 0.05) is 25.7 Å². The monoisotopic (exact) mass is 255 g/mol. The molecule has 0 unspecified atom stereocenters. The fraction of sp³-hybridized carbons (Fsp3) is 0.333. The molecule has 4 heteroatoms. The van der Waals surface area contributed by atoms with Crippen LogP contribution in [0.15, 0.2) is 42.7 Å². The number of nitrogens with zero attached hydrogens (tertiary/aromatic N) is 3. The molecular weight excluding hydrogens is 238 g/mol. The van der Waals surface area contributed by atoms with Crippen LogP contribution in [0.3, 0.4) is 0 Å². The summed E-state index contributed by atoms with van der Waals surface area (Å²) in [6.07, 6.45) is 6.34. The topological polar surface area (TPSA) is 38.1 Å². The van der Waals surface area contributed by atoms with E-state index in [1.165, 1.54) is 0 Å². The summed E-state index contributed by atoms with van der Waals surface area (Å²) in [7, 11) is 0. The number of hydrogen-bond donors (Lipinski definition) is 0. The van der Waals surface area contributed by atoms with Gasteiger partial charge < -0.3 is 4.90 Å². The lowest BCUT2D eigenvalue weighted by Crippen LogP contribution is -2.42. The quantitative estimate of drug-likeness (QED) is 0.838. The zero-order valence-electron chi connectivity index (χ0n) is 10.8. The van der Waals surface area contributed by atoms with Crippen LogP contribution in [0.5, 0.6) is 0 Å². The summed E-state index contributed by atoms with van der Waals surface area (Å²) in [5.74, 6) is 0.263. The summed E-state index contributed by atoms with van der Waals surface area (Å²) in [6, 6.07) is 10.00. The molecule has 0 bridgehead atoms. The average molecular weight is 255 g/mol. The van der Waals surface area contributed by atoms with E-state index >= 15 is 0 Å². The first-order valence-electron chi connectivity index (χ1n) is 6.70. The Bertz CT molecular complexity index is 558. The van der Waals surface area contributed by atoms with Crippen LogP contribution in [0.4, 0.5) is 0 Å². The molecule has 1 fully saturated rings. The molecule has 3 rings (SSSR count). The fourth-order valence-corrected chi connectivity index (χ4v) is 2.19. The molecule has 2 heterocycles. The van der Waals surface area contributed by atoms with Crippen molar-refractivity contribution in [1.82, 2.24) is 14.7 Å². The predicted octanol–water partition coefficient (Wildman–Crippen LogP) is 2.04. The standard InChI is InChI=1S/C15H17N3O/c19-15(17-9-4-10-17)8-7-13-11-16-18(12-13)14-5-2-1-3-6-14/h1-3,5-6,11-12H,4,7-10H2. The molecule has 19 heavy (non-hydrogen) atoms. The van der Waals surface area contributed by atoms with Crippen molar-refractivity contribution in [2.24, 2.45) is 0 Å². The minimum atomic E-state index is 0.263. The van der Waals surface area contributed by atoms with Crippen molar-refractivity contribution in [3.05, 3.63) is 48.3 Å². The van der Waals surface area contributed by atoms with E-state index in [1.807, 2.05) is 52.3 Å². The number of hydrogen-bond acceptors (Lipinski definition) is 2. The molecule has 0 atom stereocenters. The van der Waals surface area contributed by atoms with E-state index in [1.54, 1.807) is 0 Å². The van der Waals surface area contributed by atoms with Gasteiger partial charge in [-0.3, -0.25) is 4.79 Å². The van der Waals surface area contributed by atoms with Gasteiger partial charge in [0.05, 0.1) is 11.9 Å². The number of likely N-dealkylation sites (tertiary alicyclic amines) is 1. The lowest BCUT2D eigenvalue weighted by Gasteiger charge is -2.30. The Kier molecular flexibility index (Phi) is 3.31. The molecule has 1 aliphatic rings. The maximum Gasteiger partial charge on any atom is 0.222 e. The maximum atomic E-state index is 11.8. The van der Waals surface area contributed by atoms with Crippen molar-refractivity contribution < 1.29 is 4.79 Å². The zero-order chi connectivity index (χ0) is 13.1. The molecular formula is C15H17N3O. The lowest BCUT2D eigenvalue weighted by molar-refractivity contribution is -0.134. The van der Waals surface area contributed by atoms with Crippen molar-refractivity contribution in [2.75, 3.05) is 13.1 Å². The normalized spacial score (nSPS) is 14.2. The molecule has 0 saturated carbocycles. The van der Waals surface area contributed by atoms with Crippen LogP contribution in [0, 0.1) is 0 Å². The summed E-state index contributed by atoms with van der Waals surface area (Å²) in [5, 5.41) is 4.34. The van der Waals surface area contributed by atoms with Gasteiger partial charge in [-0.25, -0.2) is 4.68 Å². The van der Waals surface area contributed by atoms with Crippen LogP contribution in [-0.4, -0.2) is 33.7 Å². The lowest BCUT2D eigenvalue weighted by atomic mass is 10.1. The van der Waals surface area contributed by atoms with Crippen molar-refractivity contribution in [1.29, 1.82) is 0 Å². The van der Waals surface area contributed by atoms with Gasteiger partial charge in [-0.1, -0.05) is 18.2 Å². The van der Waals surface area contributed by atoms with Crippen LogP contribution in [-0.2, 0) is 11.2 Å². The minimum absolute atomic E-state index is 0.263. The van der Waals surface area contributed by atoms with Crippen LogP contribution in [0.25, 0.3) is 5.69 Å². The second-order valence-corrected chi connectivity index (χ2v) is 4.86. The fourth-order valence-electron chi connectivity index (χ4n) is 2.19. The highest BCUT2D eigenvalue weighted by Gasteiger charge is 2.19. The van der Waals surface area contributed by atoms with Crippen LogP contribution < -0.4 is 0 Å². The van der Waals surface area contributed by atoms with Crippen molar-refractivity contribution in [3.8, 4) is 5.69 Å². The molecule has 0 aliphatic carbocycles. The molecule has 2 aromatic rings. The minimum Gasteiger partial charge on any atom is -0.343 e. The maximum absolute atomic E-state index is 11.8. The highest BCUT2D eigenvalue weighted by Crippen LogP contribution is 2.12. The van der Waals surface area contributed by atoms with E-state index < -0.39 is 0 Å². The number of benzene rings is 1. The molecule has 1 amide bonds. The van der Waals surface area contributed by atoms with Gasteiger partial charge in [0.25, 0.3) is 0 Å². The first kappa shape index (κ1) is 12.0. The first-order valence-corrected chi connectivity index (χ1v) is 6.70. The van der Waals surface area contributed by atoms with E-state index in [2.05, 4.69) is 5.10 Å². The van der Waals surface area contributed by atoms with E-state index in [0.29, 0.717) is 6.42 Å². The van der Waals surface area contributed by atoms with Crippen LogP contribution in [0.2, 0.25) is 0 Å². The van der Waals surface area contributed by atoms with Gasteiger partial charge in [-0.05, 0) is 30.5 Å². The third kappa shape index (κ3) is 2.67. The number of aryl methyl sites for hydroxylation is 1. The smallest absolute Gasteiger partial charge is 0.222 e. The predicted molar refractivity (Wildman–Crippen MR) is 73.1 cm³/mol. The number of carbonyl (C=O) groups excluding carboxylic acids is 1. The van der Waals surface area contributed by atoms with Gasteiger partial charge in [0.15, 0.2) is 0 Å². The van der Waals surface area contributed by atoms with Crippen LogP contribution >= 0.6 is 0 Å². The average Bonchev–Trinajstić information content (AvgIpc) is 2.84. The Balaban J connectivity index is 1.60. The third-order valence-corrected chi connectivity index (χ3v) is 3.49. The summed E-state index contributed by atoms with van der Waals surface area (Å²) >= 11 is 0. The molecule has 98 valence electrons. The summed E-state index contributed by atoms with van der Waals surface area (Å²) < 4.78 is 1.85. The molecule has 0 N–H and O–H groups in total. The van der Waals surface area contributed by atoms with Crippen LogP contribution in [0.1, 0.15) is 18.4 Å². The molecule has 0 spiro atoms. The van der Waals surface area contributed by atoms with Gasteiger partial charge >= 0.3 is 0 Å². The number of carbonyl (C=O) groups is 1. The highest BCUT2D eigenvalue weighted by atomic mass is 16.2. The van der Waals surface area contributed by atoms with E-state index in [9.17, 15) is 4.79 Å². The Hall–Kier alpha value is -2.10. The molecule has 1 saturated heterocycles. The first-order chi connectivity index (χ1) is 9.33. The summed E-state index contributed by atoms with van der Waals surface area (Å²) in [4.78, 5) is 13.7. The van der Waals surface area contributed by atoms with Gasteiger partial charge in [0.1, 0.15) is 0 Å². The Morgan fingerprint density at radius 2 is 2.00 bits per heavy atom. The molecule has 1 aromatic heterocycles. The number of rotatable bonds is 4. The number of para-hydroxylation sites is 1. The highest BCUT2D eigenvalue weighted by molar-refractivity contribution is 5.77. The SMILES string of the molecule is O=C(CCc1cnn(-c2ccccc2)c1)N1CCC1. The Morgan fingerprint density at radius 1 is 1.21 bits per heavy atom. The molecule has 1 aliphatic heterocycles. The molecule has 1 aromatic carbocycles. The molecule has 0 radical (unpaired) electrons. The van der Waals surface area contributed by atoms with Gasteiger partial charge in [-0.15, -0.1) is 0 Å². The number of amides is 1. The second kappa shape index (κ2) is 5.26. The van der Waals surface area contributed by atoms with E-state index in [4.69, 9.17) is 0 Å². The number of aromatic nitrogens is 2. The van der Waals surface area contributed by atoms with E-state index in [0.717, 1.165) is 37.2 Å². The van der Waals surface area contributed by atoms with Crippen molar-refractivity contribution >= 4 is 5.91 Å². The third-order valence-electron chi connectivity index (χ3n) is 3.49. The van der Waals surface area contributed by atoms with Gasteiger partial charge in [-0.2, -0.15) is 5.10 Å². The second-order valence-electron chi connectivity index (χ2n) is 4.86. The Morgan fingerprint density at radius 3 is 2.68 bits per heavy atom.